The SMILES string of the molecule is O=C(CC1(c2cc(C(F)(F)F)ccc2F)CC1)C(=O)Nc1ccc(Cl)c(Cl)c1. The molecule has 0 bridgehead atoms. The van der Waals surface area contributed by atoms with Crippen molar-refractivity contribution in [1.82, 2.24) is 0 Å². The zero-order valence-electron chi connectivity index (χ0n) is 14.2. The van der Waals surface area contributed by atoms with E-state index in [9.17, 15) is 27.2 Å². The molecule has 0 unspecified atom stereocenters. The minimum atomic E-state index is -4.63. The number of nitrogens with one attached hydrogen (secondary N) is 1. The first-order valence-corrected chi connectivity index (χ1v) is 8.94. The van der Waals surface area contributed by atoms with Crippen LogP contribution in [-0.4, -0.2) is 11.7 Å². The van der Waals surface area contributed by atoms with E-state index in [1.165, 1.54) is 18.2 Å². The molecule has 28 heavy (non-hydrogen) atoms. The Morgan fingerprint density at radius 2 is 1.71 bits per heavy atom. The van der Waals surface area contributed by atoms with E-state index >= 15 is 0 Å². The Morgan fingerprint density at radius 1 is 1.04 bits per heavy atom. The van der Waals surface area contributed by atoms with Crippen LogP contribution in [-0.2, 0) is 21.2 Å². The largest absolute Gasteiger partial charge is 0.416 e. The van der Waals surface area contributed by atoms with E-state index in [-0.39, 0.29) is 21.3 Å². The zero-order valence-corrected chi connectivity index (χ0v) is 15.7. The molecule has 1 aliphatic carbocycles. The van der Waals surface area contributed by atoms with E-state index < -0.39 is 41.1 Å². The van der Waals surface area contributed by atoms with Gasteiger partial charge >= 0.3 is 6.18 Å². The molecule has 3 nitrogen and oxygen atoms in total. The summed E-state index contributed by atoms with van der Waals surface area (Å²) in [7, 11) is 0. The molecule has 0 radical (unpaired) electrons. The number of anilines is 1. The lowest BCUT2D eigenvalue weighted by Crippen LogP contribution is -2.27. The fourth-order valence-corrected chi connectivity index (χ4v) is 3.26. The average Bonchev–Trinajstić information content (AvgIpc) is 3.37. The molecule has 1 N–H and O–H groups in total. The fraction of sp³-hybridized carbons (Fsp3) is 0.263. The fourth-order valence-electron chi connectivity index (χ4n) is 2.96. The van der Waals surface area contributed by atoms with Crippen LogP contribution in [0, 0.1) is 5.82 Å². The lowest BCUT2D eigenvalue weighted by Gasteiger charge is -2.18. The molecule has 1 amide bonds. The highest BCUT2D eigenvalue weighted by Gasteiger charge is 2.49. The summed E-state index contributed by atoms with van der Waals surface area (Å²) in [5.74, 6) is -2.65. The highest BCUT2D eigenvalue weighted by molar-refractivity contribution is 6.43. The van der Waals surface area contributed by atoms with Crippen LogP contribution in [0.1, 0.15) is 30.4 Å². The number of hydrogen-bond donors (Lipinski definition) is 1. The summed E-state index contributed by atoms with van der Waals surface area (Å²) >= 11 is 11.6. The van der Waals surface area contributed by atoms with Gasteiger partial charge in [-0.2, -0.15) is 13.2 Å². The first-order chi connectivity index (χ1) is 13.0. The predicted molar refractivity (Wildman–Crippen MR) is 97.0 cm³/mol. The van der Waals surface area contributed by atoms with Gasteiger partial charge in [0.15, 0.2) is 0 Å². The van der Waals surface area contributed by atoms with Gasteiger partial charge in [-0.1, -0.05) is 23.2 Å². The van der Waals surface area contributed by atoms with E-state index in [0.717, 1.165) is 6.07 Å². The number of alkyl halides is 3. The summed E-state index contributed by atoms with van der Waals surface area (Å²) in [6.45, 7) is 0. The number of carbonyl (C=O) groups is 2. The molecule has 1 fully saturated rings. The number of benzene rings is 2. The molecule has 0 aliphatic heterocycles. The van der Waals surface area contributed by atoms with E-state index in [0.29, 0.717) is 25.0 Å². The van der Waals surface area contributed by atoms with E-state index in [2.05, 4.69) is 5.32 Å². The Balaban J connectivity index is 1.76. The van der Waals surface area contributed by atoms with Crippen molar-refractivity contribution in [2.24, 2.45) is 0 Å². The Hall–Kier alpha value is -2.12. The first kappa shape index (κ1) is 20.6. The van der Waals surface area contributed by atoms with Gasteiger partial charge in [0.25, 0.3) is 5.91 Å². The lowest BCUT2D eigenvalue weighted by molar-refractivity contribution is -0.137. The quantitative estimate of drug-likeness (QED) is 0.479. The second kappa shape index (κ2) is 7.37. The molecule has 0 atom stereocenters. The Morgan fingerprint density at radius 3 is 2.29 bits per heavy atom. The van der Waals surface area contributed by atoms with Gasteiger partial charge in [0.1, 0.15) is 5.82 Å². The maximum absolute atomic E-state index is 14.2. The third-order valence-electron chi connectivity index (χ3n) is 4.65. The normalized spacial score (nSPS) is 15.2. The Kier molecular flexibility index (Phi) is 5.42. The Labute approximate surface area is 167 Å². The second-order valence-corrected chi connectivity index (χ2v) is 7.47. The summed E-state index contributed by atoms with van der Waals surface area (Å²) in [6, 6.07) is 6.33. The molecule has 148 valence electrons. The van der Waals surface area contributed by atoms with E-state index in [4.69, 9.17) is 23.2 Å². The van der Waals surface area contributed by atoms with Gasteiger partial charge in [-0.25, -0.2) is 4.39 Å². The van der Waals surface area contributed by atoms with E-state index in [1.54, 1.807) is 0 Å². The molecule has 0 spiro atoms. The summed E-state index contributed by atoms with van der Waals surface area (Å²) < 4.78 is 53.0. The van der Waals surface area contributed by atoms with Crippen LogP contribution in [0.25, 0.3) is 0 Å². The zero-order chi connectivity index (χ0) is 20.7. The molecule has 3 rings (SSSR count). The summed E-state index contributed by atoms with van der Waals surface area (Å²) in [6.07, 6.45) is -4.39. The number of ketones is 1. The average molecular weight is 434 g/mol. The van der Waals surface area contributed by atoms with Crippen LogP contribution < -0.4 is 5.32 Å². The number of hydrogen-bond acceptors (Lipinski definition) is 2. The number of rotatable bonds is 5. The maximum Gasteiger partial charge on any atom is 0.416 e. The van der Waals surface area contributed by atoms with E-state index in [1.807, 2.05) is 0 Å². The van der Waals surface area contributed by atoms with Crippen LogP contribution >= 0.6 is 23.2 Å². The number of halogens is 6. The first-order valence-electron chi connectivity index (χ1n) is 8.18. The number of carbonyl (C=O) groups excluding carboxylic acids is 2. The number of amides is 1. The van der Waals surface area contributed by atoms with Crippen molar-refractivity contribution in [2.45, 2.75) is 30.9 Å². The molecule has 2 aromatic rings. The molecule has 2 aromatic carbocycles. The minimum Gasteiger partial charge on any atom is -0.319 e. The van der Waals surface area contributed by atoms with Crippen molar-refractivity contribution in [1.29, 1.82) is 0 Å². The second-order valence-electron chi connectivity index (χ2n) is 6.66. The smallest absolute Gasteiger partial charge is 0.319 e. The standard InChI is InChI=1S/C19H13Cl2F4NO2/c20-13-3-2-11(8-14(13)21)26-17(28)16(27)9-18(5-6-18)12-7-10(19(23,24)25)1-4-15(12)22/h1-4,7-8H,5-6,9H2,(H,26,28). The van der Waals surface area contributed by atoms with Gasteiger partial charge in [-0.15, -0.1) is 0 Å². The molecule has 0 aromatic heterocycles. The lowest BCUT2D eigenvalue weighted by atomic mass is 9.88. The minimum absolute atomic E-state index is 0.177. The van der Waals surface area contributed by atoms with Crippen molar-refractivity contribution in [2.75, 3.05) is 5.32 Å². The van der Waals surface area contributed by atoms with Crippen LogP contribution in [0.15, 0.2) is 36.4 Å². The molecule has 1 aliphatic rings. The van der Waals surface area contributed by atoms with Crippen molar-refractivity contribution in [3.63, 3.8) is 0 Å². The topological polar surface area (TPSA) is 46.2 Å². The van der Waals surface area contributed by atoms with Crippen molar-refractivity contribution < 1.29 is 27.2 Å². The predicted octanol–water partition coefficient (Wildman–Crippen LogP) is 5.78. The molecule has 1 saturated carbocycles. The van der Waals surface area contributed by atoms with Gasteiger partial charge in [0.2, 0.25) is 5.78 Å². The van der Waals surface area contributed by atoms with Gasteiger partial charge in [-0.05, 0) is 54.8 Å². The highest BCUT2D eigenvalue weighted by atomic mass is 35.5. The van der Waals surface area contributed by atoms with Gasteiger partial charge in [-0.3, -0.25) is 9.59 Å². The van der Waals surface area contributed by atoms with Gasteiger partial charge in [0.05, 0.1) is 15.6 Å². The van der Waals surface area contributed by atoms with Crippen molar-refractivity contribution in [3.05, 3.63) is 63.4 Å². The Bertz CT molecular complexity index is 955. The molecule has 0 saturated heterocycles. The summed E-state index contributed by atoms with van der Waals surface area (Å²) in [5, 5.41) is 2.80. The third-order valence-corrected chi connectivity index (χ3v) is 5.39. The summed E-state index contributed by atoms with van der Waals surface area (Å²) in [4.78, 5) is 24.5. The van der Waals surface area contributed by atoms with Crippen LogP contribution in [0.4, 0.5) is 23.2 Å². The molecular formula is C19H13Cl2F4NO2. The number of Topliss-reactive ketones (excluding diaryl/α,β-unsaturated/α-hetero) is 1. The third kappa shape index (κ3) is 4.31. The highest BCUT2D eigenvalue weighted by Crippen LogP contribution is 2.52. The van der Waals surface area contributed by atoms with Crippen LogP contribution in [0.5, 0.6) is 0 Å². The monoisotopic (exact) mass is 433 g/mol. The molecular weight excluding hydrogens is 421 g/mol. The molecule has 0 heterocycles. The van der Waals surface area contributed by atoms with Gasteiger partial charge < -0.3 is 5.32 Å². The van der Waals surface area contributed by atoms with Crippen LogP contribution in [0.3, 0.4) is 0 Å². The van der Waals surface area contributed by atoms with Crippen molar-refractivity contribution in [3.8, 4) is 0 Å². The maximum atomic E-state index is 14.2. The summed E-state index contributed by atoms with van der Waals surface area (Å²) in [5.41, 5.74) is -2.05. The molecule has 9 heteroatoms. The van der Waals surface area contributed by atoms with Gasteiger partial charge in [0, 0.05) is 17.5 Å². The van der Waals surface area contributed by atoms with Crippen molar-refractivity contribution >= 4 is 40.6 Å². The van der Waals surface area contributed by atoms with Crippen LogP contribution in [0.2, 0.25) is 10.0 Å².